The van der Waals surface area contributed by atoms with Crippen LogP contribution in [-0.2, 0) is 5.41 Å². The van der Waals surface area contributed by atoms with Gasteiger partial charge < -0.3 is 19.6 Å². The van der Waals surface area contributed by atoms with Crippen molar-refractivity contribution < 1.29 is 0 Å². The van der Waals surface area contributed by atoms with Gasteiger partial charge in [0.15, 0.2) is 0 Å². The van der Waals surface area contributed by atoms with Crippen molar-refractivity contribution in [2.24, 2.45) is 0 Å². The highest BCUT2D eigenvalue weighted by atomic mass is 15.2. The fourth-order valence-corrected chi connectivity index (χ4v) is 13.6. The number of benzene rings is 10. The molecule has 10 aromatic rings. The van der Waals surface area contributed by atoms with E-state index < -0.39 is 5.41 Å². The van der Waals surface area contributed by atoms with Crippen LogP contribution >= 0.6 is 0 Å². The second-order valence-electron chi connectivity index (χ2n) is 18.7. The second kappa shape index (κ2) is 12.8. The molecule has 16 rings (SSSR count). The molecule has 0 bridgehead atoms. The minimum absolute atomic E-state index is 0.0138. The summed E-state index contributed by atoms with van der Waals surface area (Å²) in [6.07, 6.45) is 0. The number of hydrogen-bond acceptors (Lipinski definition) is 4. The Balaban J connectivity index is 1.11. The van der Waals surface area contributed by atoms with Gasteiger partial charge in [0.2, 0.25) is 0 Å². The van der Waals surface area contributed by atoms with E-state index in [1.807, 2.05) is 0 Å². The second-order valence-corrected chi connectivity index (χ2v) is 18.7. The molecule has 0 atom stereocenters. The summed E-state index contributed by atoms with van der Waals surface area (Å²) < 4.78 is 0. The highest BCUT2D eigenvalue weighted by Gasteiger charge is 2.60. The first kappa shape index (κ1) is 35.8. The van der Waals surface area contributed by atoms with Crippen LogP contribution in [0.5, 0.6) is 0 Å². The van der Waals surface area contributed by atoms with Gasteiger partial charge in [0, 0.05) is 57.0 Å². The summed E-state index contributed by atoms with van der Waals surface area (Å²) in [5.74, 6) is 0.0138. The maximum absolute atomic E-state index is 2.55. The molecular weight excluding hydrogens is 812 g/mol. The first-order valence-electron chi connectivity index (χ1n) is 23.5. The third-order valence-corrected chi connectivity index (χ3v) is 15.8. The largest absolute Gasteiger partial charge is 0.311 e. The van der Waals surface area contributed by atoms with Gasteiger partial charge in [0.1, 0.15) is 0 Å². The van der Waals surface area contributed by atoms with Crippen LogP contribution in [0.2, 0.25) is 0 Å². The van der Waals surface area contributed by atoms with Crippen LogP contribution in [0.3, 0.4) is 0 Å². The van der Waals surface area contributed by atoms with Gasteiger partial charge in [-0.15, -0.1) is 0 Å². The Bertz CT molecular complexity index is 3260. The van der Waals surface area contributed by atoms with Gasteiger partial charge in [-0.05, 0) is 147 Å². The van der Waals surface area contributed by atoms with Crippen molar-refractivity contribution in [3.63, 3.8) is 0 Å². The third kappa shape index (κ3) is 4.27. The molecule has 0 N–H and O–H groups in total. The molecule has 5 heterocycles. The van der Waals surface area contributed by atoms with Crippen molar-refractivity contribution in [3.8, 4) is 0 Å². The van der Waals surface area contributed by atoms with E-state index in [1.54, 1.807) is 0 Å². The topological polar surface area (TPSA) is 13.0 Å². The summed E-state index contributed by atoms with van der Waals surface area (Å²) in [6, 6.07) is 86.8. The molecule has 10 aromatic carbocycles. The Morgan fingerprint density at radius 2 is 0.537 bits per heavy atom. The van der Waals surface area contributed by atoms with Gasteiger partial charge in [-0.25, -0.2) is 0 Å². The van der Waals surface area contributed by atoms with E-state index in [0.29, 0.717) is 0 Å². The summed E-state index contributed by atoms with van der Waals surface area (Å²) in [4.78, 5) is 10.2. The summed E-state index contributed by atoms with van der Waals surface area (Å²) in [5.41, 5.74) is 27.5. The highest BCUT2D eigenvalue weighted by Crippen LogP contribution is 2.68. The zero-order chi connectivity index (χ0) is 43.5. The summed E-state index contributed by atoms with van der Waals surface area (Å²) >= 11 is 0. The lowest BCUT2D eigenvalue weighted by molar-refractivity contribution is 0.677. The monoisotopic (exact) mass is 850 g/mol. The van der Waals surface area contributed by atoms with Crippen LogP contribution in [-0.4, -0.2) is 6.71 Å². The quantitative estimate of drug-likeness (QED) is 0.164. The SMILES string of the molecule is c1ccc(N2c3cccc4c3B3c5c2cccc5C2(c5cccc(c53)N4c3ccccc3)c3cccc4c3C3c5c(cccc5N(c5ccccc5)c5cccc2c53)N4c2ccccc2)cc1. The van der Waals surface area contributed by atoms with Crippen molar-refractivity contribution in [1.29, 1.82) is 0 Å². The highest BCUT2D eigenvalue weighted by molar-refractivity contribution is 7.01. The van der Waals surface area contributed by atoms with Gasteiger partial charge in [-0.2, -0.15) is 0 Å². The summed E-state index contributed by atoms with van der Waals surface area (Å²) in [6.45, 7) is 0.0138. The average Bonchev–Trinajstić information content (AvgIpc) is 3.39. The molecule has 0 unspecified atom stereocenters. The molecule has 0 radical (unpaired) electrons. The van der Waals surface area contributed by atoms with Gasteiger partial charge in [0.25, 0.3) is 6.71 Å². The lowest BCUT2D eigenvalue weighted by Crippen LogP contribution is -2.68. The van der Waals surface area contributed by atoms with E-state index in [9.17, 15) is 0 Å². The van der Waals surface area contributed by atoms with Crippen molar-refractivity contribution in [1.82, 2.24) is 0 Å². The van der Waals surface area contributed by atoms with Gasteiger partial charge in [-0.3, -0.25) is 0 Å². The van der Waals surface area contributed by atoms with E-state index in [4.69, 9.17) is 0 Å². The summed E-state index contributed by atoms with van der Waals surface area (Å²) in [7, 11) is 0. The van der Waals surface area contributed by atoms with Crippen LogP contribution in [0.25, 0.3) is 0 Å². The Kier molecular flexibility index (Phi) is 6.85. The summed E-state index contributed by atoms with van der Waals surface area (Å²) in [5, 5.41) is 0. The van der Waals surface area contributed by atoms with Crippen molar-refractivity contribution in [3.05, 3.63) is 269 Å². The molecule has 1 aliphatic carbocycles. The fraction of sp³-hybridized carbons (Fsp3) is 0.0323. The molecular formula is C62H39BN4. The van der Waals surface area contributed by atoms with Crippen molar-refractivity contribution in [2.45, 2.75) is 11.3 Å². The molecule has 0 fully saturated rings. The van der Waals surface area contributed by atoms with E-state index in [2.05, 4.69) is 250 Å². The molecule has 5 heteroatoms. The molecule has 67 heavy (non-hydrogen) atoms. The molecule has 0 aromatic heterocycles. The smallest absolute Gasteiger partial charge is 0.253 e. The zero-order valence-electron chi connectivity index (χ0n) is 36.4. The Morgan fingerprint density at radius 1 is 0.254 bits per heavy atom. The number of rotatable bonds is 4. The molecule has 6 aliphatic rings. The fourth-order valence-electron chi connectivity index (χ4n) is 13.6. The predicted octanol–water partition coefficient (Wildman–Crippen LogP) is 13.5. The van der Waals surface area contributed by atoms with Crippen LogP contribution in [0.1, 0.15) is 44.9 Å². The number of anilines is 12. The van der Waals surface area contributed by atoms with E-state index >= 15 is 0 Å². The van der Waals surface area contributed by atoms with E-state index in [0.717, 1.165) is 22.7 Å². The van der Waals surface area contributed by atoms with Crippen LogP contribution < -0.4 is 36.0 Å². The van der Waals surface area contributed by atoms with Crippen LogP contribution in [0.15, 0.2) is 231 Å². The zero-order valence-corrected chi connectivity index (χ0v) is 36.4. The number of para-hydroxylation sites is 4. The minimum Gasteiger partial charge on any atom is -0.311 e. The van der Waals surface area contributed by atoms with Crippen LogP contribution in [0, 0.1) is 0 Å². The maximum atomic E-state index is 2.55. The van der Waals surface area contributed by atoms with E-state index in [-0.39, 0.29) is 12.6 Å². The first-order chi connectivity index (χ1) is 33.3. The predicted molar refractivity (Wildman–Crippen MR) is 276 cm³/mol. The van der Waals surface area contributed by atoms with Gasteiger partial charge >= 0.3 is 0 Å². The Morgan fingerprint density at radius 3 is 0.910 bits per heavy atom. The number of fused-ring (bicyclic) bond motifs is 4. The third-order valence-electron chi connectivity index (χ3n) is 15.8. The normalized spacial score (nSPS) is 15.4. The molecule has 4 nitrogen and oxygen atoms in total. The first-order valence-corrected chi connectivity index (χ1v) is 23.5. The van der Waals surface area contributed by atoms with Crippen molar-refractivity contribution in [2.75, 3.05) is 19.6 Å². The molecule has 5 aliphatic heterocycles. The van der Waals surface area contributed by atoms with Gasteiger partial charge in [-0.1, -0.05) is 133 Å². The molecule has 0 saturated carbocycles. The standard InChI is InChI=1S/C62H39BN4/c1-5-19-39(20-6-1)64-47-31-13-27-43-55(47)58-56-44(28-14-32-48(56)65(40-21-7-2-8-22-40)50-34-17-33-49(64)57(50)58)62(43)45-29-15-35-51-59(45)63-60-46(62)30-16-36-52(60)67(42-25-11-4-12-26-42)54-38-18-37-53(61(54)63)66(51)41-23-9-3-10-24-41/h1-38,58H. The molecule has 310 valence electrons. The molecule has 1 spiro atoms. The Labute approximate surface area is 390 Å². The van der Waals surface area contributed by atoms with Crippen LogP contribution in [0.4, 0.5) is 68.2 Å². The lowest BCUT2D eigenvalue weighted by atomic mass is 9.27. The van der Waals surface area contributed by atoms with Gasteiger partial charge in [0.05, 0.1) is 28.2 Å². The van der Waals surface area contributed by atoms with Crippen molar-refractivity contribution >= 4 is 91.3 Å². The minimum atomic E-state index is -0.691. The molecule has 0 saturated heterocycles. The average molecular weight is 851 g/mol. The Hall–Kier alpha value is -8.54. The van der Waals surface area contributed by atoms with E-state index in [1.165, 1.54) is 101 Å². The maximum Gasteiger partial charge on any atom is 0.253 e. The number of hydrogen-bond donors (Lipinski definition) is 0. The lowest BCUT2D eigenvalue weighted by Gasteiger charge is -2.56. The number of nitrogens with zero attached hydrogens (tertiary/aromatic N) is 4. The molecule has 0 amide bonds.